The van der Waals surface area contributed by atoms with Crippen molar-refractivity contribution in [2.75, 3.05) is 53.0 Å². The third kappa shape index (κ3) is 6.04. The molecule has 0 saturated carbocycles. The van der Waals surface area contributed by atoms with Gasteiger partial charge in [0.25, 0.3) is 0 Å². The summed E-state index contributed by atoms with van der Waals surface area (Å²) in [6.07, 6.45) is 3.59. The Bertz CT molecular complexity index is 629. The van der Waals surface area contributed by atoms with Crippen molar-refractivity contribution in [3.05, 3.63) is 35.9 Å². The minimum atomic E-state index is 0.0630. The summed E-state index contributed by atoms with van der Waals surface area (Å²) in [5, 5.41) is 0. The van der Waals surface area contributed by atoms with E-state index >= 15 is 0 Å². The standard InChI is InChI=1S/C22H33N3O3/c1-28-18-22(27)25-11-5-8-20(17-25)9-10-21(26)24-14-12-23(13-15-24)16-19-6-3-2-4-7-19/h2-4,6-7,20H,5,8-18H2,1H3. The van der Waals surface area contributed by atoms with Gasteiger partial charge in [-0.05, 0) is 30.7 Å². The van der Waals surface area contributed by atoms with Gasteiger partial charge >= 0.3 is 0 Å². The van der Waals surface area contributed by atoms with Crippen LogP contribution < -0.4 is 0 Å². The maximum Gasteiger partial charge on any atom is 0.248 e. The van der Waals surface area contributed by atoms with Crippen molar-refractivity contribution in [1.82, 2.24) is 14.7 Å². The number of hydrogen-bond acceptors (Lipinski definition) is 4. The van der Waals surface area contributed by atoms with E-state index in [4.69, 9.17) is 4.74 Å². The van der Waals surface area contributed by atoms with E-state index in [2.05, 4.69) is 29.2 Å². The molecule has 6 heteroatoms. The Morgan fingerprint density at radius 1 is 1.00 bits per heavy atom. The average molecular weight is 388 g/mol. The van der Waals surface area contributed by atoms with Gasteiger partial charge in [0, 0.05) is 59.3 Å². The second-order valence-electron chi connectivity index (χ2n) is 7.96. The number of ether oxygens (including phenoxy) is 1. The van der Waals surface area contributed by atoms with Crippen molar-refractivity contribution in [2.24, 2.45) is 5.92 Å². The fourth-order valence-corrected chi connectivity index (χ4v) is 4.22. The largest absolute Gasteiger partial charge is 0.375 e. The fraction of sp³-hybridized carbons (Fsp3) is 0.636. The van der Waals surface area contributed by atoms with Gasteiger partial charge in [-0.2, -0.15) is 0 Å². The average Bonchev–Trinajstić information content (AvgIpc) is 2.74. The van der Waals surface area contributed by atoms with Gasteiger partial charge < -0.3 is 14.5 Å². The highest BCUT2D eigenvalue weighted by atomic mass is 16.5. The first-order chi connectivity index (χ1) is 13.7. The van der Waals surface area contributed by atoms with Crippen molar-refractivity contribution >= 4 is 11.8 Å². The first-order valence-electron chi connectivity index (χ1n) is 10.5. The summed E-state index contributed by atoms with van der Waals surface area (Å²) in [5.41, 5.74) is 1.33. The van der Waals surface area contributed by atoms with E-state index in [-0.39, 0.29) is 18.4 Å². The molecule has 6 nitrogen and oxygen atoms in total. The Kier molecular flexibility index (Phi) is 7.86. The minimum Gasteiger partial charge on any atom is -0.375 e. The van der Waals surface area contributed by atoms with Crippen molar-refractivity contribution < 1.29 is 14.3 Å². The molecular weight excluding hydrogens is 354 g/mol. The molecule has 2 saturated heterocycles. The van der Waals surface area contributed by atoms with Crippen molar-refractivity contribution in [2.45, 2.75) is 32.2 Å². The second kappa shape index (κ2) is 10.6. The fourth-order valence-electron chi connectivity index (χ4n) is 4.22. The van der Waals surface area contributed by atoms with E-state index in [0.29, 0.717) is 12.3 Å². The van der Waals surface area contributed by atoms with Crippen LogP contribution in [-0.2, 0) is 20.9 Å². The molecule has 1 atom stereocenters. The molecule has 2 aliphatic rings. The summed E-state index contributed by atoms with van der Waals surface area (Å²) >= 11 is 0. The Morgan fingerprint density at radius 2 is 1.75 bits per heavy atom. The number of piperidine rings is 1. The molecule has 3 rings (SSSR count). The number of amides is 2. The Hall–Kier alpha value is -1.92. The number of benzene rings is 1. The number of piperazine rings is 1. The van der Waals surface area contributed by atoms with E-state index in [1.54, 1.807) is 7.11 Å². The lowest BCUT2D eigenvalue weighted by atomic mass is 9.93. The number of likely N-dealkylation sites (tertiary alicyclic amines) is 1. The maximum absolute atomic E-state index is 12.6. The van der Waals surface area contributed by atoms with Gasteiger partial charge in [0.05, 0.1) is 0 Å². The molecule has 28 heavy (non-hydrogen) atoms. The van der Waals surface area contributed by atoms with E-state index in [1.165, 1.54) is 5.56 Å². The molecule has 2 aliphatic heterocycles. The van der Waals surface area contributed by atoms with E-state index < -0.39 is 0 Å². The molecule has 0 bridgehead atoms. The van der Waals surface area contributed by atoms with Crippen LogP contribution in [0.25, 0.3) is 0 Å². The highest BCUT2D eigenvalue weighted by molar-refractivity contribution is 5.77. The van der Waals surface area contributed by atoms with Gasteiger partial charge in [0.2, 0.25) is 11.8 Å². The molecular formula is C22H33N3O3. The van der Waals surface area contributed by atoms with Crippen LogP contribution in [0.4, 0.5) is 0 Å². The number of hydrogen-bond donors (Lipinski definition) is 0. The van der Waals surface area contributed by atoms with E-state index in [1.807, 2.05) is 15.9 Å². The summed E-state index contributed by atoms with van der Waals surface area (Å²) in [7, 11) is 1.55. The molecule has 2 fully saturated rings. The van der Waals surface area contributed by atoms with Gasteiger partial charge in [-0.3, -0.25) is 14.5 Å². The number of carbonyl (C=O) groups is 2. The van der Waals surface area contributed by atoms with Gasteiger partial charge in [-0.15, -0.1) is 0 Å². The lowest BCUT2D eigenvalue weighted by Gasteiger charge is -2.36. The molecule has 0 spiro atoms. The second-order valence-corrected chi connectivity index (χ2v) is 7.96. The minimum absolute atomic E-state index is 0.0630. The Morgan fingerprint density at radius 3 is 2.46 bits per heavy atom. The zero-order valence-electron chi connectivity index (χ0n) is 17.0. The summed E-state index contributed by atoms with van der Waals surface area (Å²) in [5.74, 6) is 0.755. The van der Waals surface area contributed by atoms with Crippen molar-refractivity contribution in [3.63, 3.8) is 0 Å². The van der Waals surface area contributed by atoms with Gasteiger partial charge in [0.1, 0.15) is 6.61 Å². The van der Waals surface area contributed by atoms with Crippen LogP contribution in [0.15, 0.2) is 30.3 Å². The predicted octanol–water partition coefficient (Wildman–Crippen LogP) is 2.00. The number of rotatable bonds is 7. The van der Waals surface area contributed by atoms with Crippen molar-refractivity contribution in [3.8, 4) is 0 Å². The number of methoxy groups -OCH3 is 1. The van der Waals surface area contributed by atoms with Crippen molar-refractivity contribution in [1.29, 1.82) is 0 Å². The van der Waals surface area contributed by atoms with Gasteiger partial charge in [-0.1, -0.05) is 30.3 Å². The van der Waals surface area contributed by atoms with Crippen LogP contribution in [-0.4, -0.2) is 79.5 Å². The first-order valence-corrected chi connectivity index (χ1v) is 10.5. The molecule has 2 heterocycles. The Balaban J connectivity index is 1.37. The molecule has 0 radical (unpaired) electrons. The third-order valence-corrected chi connectivity index (χ3v) is 5.88. The molecule has 0 aliphatic carbocycles. The van der Waals surface area contributed by atoms with Crippen LogP contribution in [0.5, 0.6) is 0 Å². The lowest BCUT2D eigenvalue weighted by Crippen LogP contribution is -2.48. The molecule has 0 N–H and O–H groups in total. The molecule has 154 valence electrons. The topological polar surface area (TPSA) is 53.1 Å². The Labute approximate surface area is 168 Å². The lowest BCUT2D eigenvalue weighted by molar-refractivity contribution is -0.137. The maximum atomic E-state index is 12.6. The zero-order chi connectivity index (χ0) is 19.8. The molecule has 1 aromatic rings. The zero-order valence-corrected chi connectivity index (χ0v) is 17.0. The van der Waals surface area contributed by atoms with Gasteiger partial charge in [0.15, 0.2) is 0 Å². The van der Waals surface area contributed by atoms with Crippen LogP contribution in [0.1, 0.15) is 31.2 Å². The van der Waals surface area contributed by atoms with Crippen LogP contribution in [0, 0.1) is 5.92 Å². The smallest absolute Gasteiger partial charge is 0.248 e. The van der Waals surface area contributed by atoms with Crippen LogP contribution >= 0.6 is 0 Å². The third-order valence-electron chi connectivity index (χ3n) is 5.88. The SMILES string of the molecule is COCC(=O)N1CCCC(CCC(=O)N2CCN(Cc3ccccc3)CC2)C1. The number of nitrogens with zero attached hydrogens (tertiary/aromatic N) is 3. The molecule has 0 aromatic heterocycles. The highest BCUT2D eigenvalue weighted by Gasteiger charge is 2.26. The summed E-state index contributed by atoms with van der Waals surface area (Å²) in [6, 6.07) is 10.5. The number of carbonyl (C=O) groups excluding carboxylic acids is 2. The van der Waals surface area contributed by atoms with E-state index in [0.717, 1.165) is 65.1 Å². The molecule has 1 unspecified atom stereocenters. The summed E-state index contributed by atoms with van der Waals surface area (Å²) < 4.78 is 4.96. The van der Waals surface area contributed by atoms with Gasteiger partial charge in [-0.25, -0.2) is 0 Å². The highest BCUT2D eigenvalue weighted by Crippen LogP contribution is 2.22. The molecule has 2 amide bonds. The van der Waals surface area contributed by atoms with E-state index in [9.17, 15) is 9.59 Å². The first kappa shape index (κ1) is 20.8. The normalized spacial score (nSPS) is 21.0. The summed E-state index contributed by atoms with van der Waals surface area (Å²) in [4.78, 5) is 31.0. The predicted molar refractivity (Wildman–Crippen MR) is 109 cm³/mol. The molecule has 1 aromatic carbocycles. The van der Waals surface area contributed by atoms with Crippen LogP contribution in [0.3, 0.4) is 0 Å². The quantitative estimate of drug-likeness (QED) is 0.718. The summed E-state index contributed by atoms with van der Waals surface area (Å²) in [6.45, 7) is 6.18. The van der Waals surface area contributed by atoms with Crippen LogP contribution in [0.2, 0.25) is 0 Å². The monoisotopic (exact) mass is 387 g/mol.